The molecule has 0 aromatic carbocycles. The maximum Gasteiger partial charge on any atom is 0.234 e. The lowest BCUT2D eigenvalue weighted by Gasteiger charge is -2.31. The molecule has 0 bridgehead atoms. The number of hydrogen-bond acceptors (Lipinski definition) is 4. The number of amides is 1. The average Bonchev–Trinajstić information content (AvgIpc) is 3.19. The maximum atomic E-state index is 12.1. The van der Waals surface area contributed by atoms with Crippen LogP contribution in [0.25, 0.3) is 0 Å². The van der Waals surface area contributed by atoms with Crippen LogP contribution in [-0.2, 0) is 11.2 Å². The van der Waals surface area contributed by atoms with E-state index in [-0.39, 0.29) is 5.91 Å². The highest BCUT2D eigenvalue weighted by Gasteiger charge is 2.24. The highest BCUT2D eigenvalue weighted by molar-refractivity contribution is 7.09. The van der Waals surface area contributed by atoms with Crippen LogP contribution in [0.4, 0.5) is 0 Å². The van der Waals surface area contributed by atoms with Crippen LogP contribution < -0.4 is 5.32 Å². The van der Waals surface area contributed by atoms with Crippen molar-refractivity contribution in [3.63, 3.8) is 0 Å². The molecule has 1 atom stereocenters. The van der Waals surface area contributed by atoms with Gasteiger partial charge in [-0.25, -0.2) is 0 Å². The second-order valence-electron chi connectivity index (χ2n) is 6.23. The number of hydrogen-bond donors (Lipinski definition) is 2. The molecule has 1 fully saturated rings. The minimum atomic E-state index is 0.125. The number of nitrogens with zero attached hydrogens (tertiary/aromatic N) is 2. The number of carbonyl (C=O) groups is 1. The van der Waals surface area contributed by atoms with E-state index in [0.717, 1.165) is 50.3 Å². The molecule has 124 valence electrons. The van der Waals surface area contributed by atoms with Crippen LogP contribution in [-0.4, -0.2) is 47.2 Å². The van der Waals surface area contributed by atoms with Gasteiger partial charge in [-0.3, -0.25) is 14.8 Å². The molecule has 6 heteroatoms. The zero-order valence-corrected chi connectivity index (χ0v) is 14.4. The Balaban J connectivity index is 1.42. The predicted molar refractivity (Wildman–Crippen MR) is 92.8 cm³/mol. The van der Waals surface area contributed by atoms with Crippen LogP contribution in [0.2, 0.25) is 0 Å². The Morgan fingerprint density at radius 2 is 2.48 bits per heavy atom. The first-order chi connectivity index (χ1) is 11.2. The normalized spacial score (nSPS) is 18.9. The van der Waals surface area contributed by atoms with E-state index in [9.17, 15) is 4.79 Å². The predicted octanol–water partition coefficient (Wildman–Crippen LogP) is 2.32. The summed E-state index contributed by atoms with van der Waals surface area (Å²) < 4.78 is 0. The molecule has 2 N–H and O–H groups in total. The molecule has 0 spiro atoms. The number of nitrogens with one attached hydrogen (secondary N) is 2. The van der Waals surface area contributed by atoms with Crippen LogP contribution in [0.1, 0.15) is 35.0 Å². The number of piperidine rings is 1. The van der Waals surface area contributed by atoms with Crippen molar-refractivity contribution in [3.05, 3.63) is 39.8 Å². The summed E-state index contributed by atoms with van der Waals surface area (Å²) in [5.41, 5.74) is 2.23. The van der Waals surface area contributed by atoms with Crippen LogP contribution in [0.3, 0.4) is 0 Å². The van der Waals surface area contributed by atoms with Crippen LogP contribution in [0.5, 0.6) is 0 Å². The first-order valence-corrected chi connectivity index (χ1v) is 9.12. The molecule has 0 saturated carbocycles. The maximum absolute atomic E-state index is 12.1. The molecule has 2 aromatic rings. The Kier molecular flexibility index (Phi) is 5.46. The zero-order chi connectivity index (χ0) is 16.1. The molecule has 1 aliphatic rings. The van der Waals surface area contributed by atoms with Crippen molar-refractivity contribution in [2.45, 2.75) is 32.1 Å². The lowest BCUT2D eigenvalue weighted by Crippen LogP contribution is -2.42. The van der Waals surface area contributed by atoms with Gasteiger partial charge in [0.25, 0.3) is 0 Å². The van der Waals surface area contributed by atoms with E-state index in [2.05, 4.69) is 37.9 Å². The van der Waals surface area contributed by atoms with Crippen molar-refractivity contribution in [1.82, 2.24) is 20.4 Å². The Morgan fingerprint density at radius 3 is 3.22 bits per heavy atom. The van der Waals surface area contributed by atoms with Crippen LogP contribution >= 0.6 is 11.3 Å². The number of likely N-dealkylation sites (tertiary alicyclic amines) is 1. The summed E-state index contributed by atoms with van der Waals surface area (Å²) in [6.45, 7) is 5.15. The number of aromatic nitrogens is 2. The van der Waals surface area contributed by atoms with Gasteiger partial charge < -0.3 is 5.32 Å². The van der Waals surface area contributed by atoms with E-state index in [0.29, 0.717) is 12.5 Å². The van der Waals surface area contributed by atoms with Crippen molar-refractivity contribution in [3.8, 4) is 0 Å². The summed E-state index contributed by atoms with van der Waals surface area (Å²) in [4.78, 5) is 15.7. The third kappa shape index (κ3) is 4.65. The van der Waals surface area contributed by atoms with Gasteiger partial charge in [-0.2, -0.15) is 5.10 Å². The van der Waals surface area contributed by atoms with Gasteiger partial charge in [0.1, 0.15) is 0 Å². The molecule has 0 aliphatic carbocycles. The summed E-state index contributed by atoms with van der Waals surface area (Å²) in [5.74, 6) is 0.563. The Hall–Kier alpha value is -1.66. The van der Waals surface area contributed by atoms with Gasteiger partial charge in [0, 0.05) is 29.6 Å². The van der Waals surface area contributed by atoms with Crippen molar-refractivity contribution in [2.75, 3.05) is 26.2 Å². The lowest BCUT2D eigenvalue weighted by molar-refractivity contribution is -0.122. The minimum Gasteiger partial charge on any atom is -0.355 e. The molecule has 23 heavy (non-hydrogen) atoms. The Labute approximate surface area is 141 Å². The number of carbonyl (C=O) groups excluding carboxylic acids is 1. The molecular formula is C17H24N4OS. The van der Waals surface area contributed by atoms with Gasteiger partial charge >= 0.3 is 0 Å². The van der Waals surface area contributed by atoms with Gasteiger partial charge in [0.15, 0.2) is 0 Å². The highest BCUT2D eigenvalue weighted by Crippen LogP contribution is 2.25. The van der Waals surface area contributed by atoms with E-state index in [1.165, 1.54) is 4.88 Å². The standard InChI is InChI=1S/C17H24N4OS/c1-13-10-16(20-19-13)14-4-2-8-21(11-14)12-17(22)18-7-6-15-5-3-9-23-15/h3,5,9-10,14H,2,4,6-8,11-12H2,1H3,(H,18,22)(H,19,20)/t14-/m0/s1. The second-order valence-corrected chi connectivity index (χ2v) is 7.26. The molecule has 3 heterocycles. The molecule has 0 radical (unpaired) electrons. The van der Waals surface area contributed by atoms with Gasteiger partial charge in [0.2, 0.25) is 5.91 Å². The van der Waals surface area contributed by atoms with Gasteiger partial charge in [-0.15, -0.1) is 11.3 Å². The first kappa shape index (κ1) is 16.2. The molecule has 3 rings (SSSR count). The highest BCUT2D eigenvalue weighted by atomic mass is 32.1. The number of H-pyrrole nitrogens is 1. The van der Waals surface area contributed by atoms with E-state index in [1.807, 2.05) is 13.0 Å². The second kappa shape index (κ2) is 7.75. The fraction of sp³-hybridized carbons (Fsp3) is 0.529. The van der Waals surface area contributed by atoms with E-state index in [1.54, 1.807) is 11.3 Å². The van der Waals surface area contributed by atoms with Gasteiger partial charge in [0.05, 0.1) is 12.2 Å². The monoisotopic (exact) mass is 332 g/mol. The molecule has 1 amide bonds. The molecule has 5 nitrogen and oxygen atoms in total. The largest absolute Gasteiger partial charge is 0.355 e. The van der Waals surface area contributed by atoms with Crippen molar-refractivity contribution in [2.24, 2.45) is 0 Å². The van der Waals surface area contributed by atoms with Crippen LogP contribution in [0, 0.1) is 6.92 Å². The lowest BCUT2D eigenvalue weighted by atomic mass is 9.94. The van der Waals surface area contributed by atoms with Crippen molar-refractivity contribution < 1.29 is 4.79 Å². The third-order valence-corrected chi connectivity index (χ3v) is 5.23. The summed E-state index contributed by atoms with van der Waals surface area (Å²) in [6.07, 6.45) is 3.19. The van der Waals surface area contributed by atoms with E-state index in [4.69, 9.17) is 0 Å². The fourth-order valence-electron chi connectivity index (χ4n) is 3.13. The van der Waals surface area contributed by atoms with Crippen molar-refractivity contribution >= 4 is 17.2 Å². The number of thiophene rings is 1. The summed E-state index contributed by atoms with van der Waals surface area (Å²) in [6, 6.07) is 6.28. The summed E-state index contributed by atoms with van der Waals surface area (Å²) in [5, 5.41) is 12.5. The molecule has 0 unspecified atom stereocenters. The summed E-state index contributed by atoms with van der Waals surface area (Å²) in [7, 11) is 0. The quantitative estimate of drug-likeness (QED) is 0.853. The van der Waals surface area contributed by atoms with Crippen LogP contribution in [0.15, 0.2) is 23.6 Å². The fourth-order valence-corrected chi connectivity index (χ4v) is 3.84. The average molecular weight is 332 g/mol. The number of rotatable bonds is 6. The molecular weight excluding hydrogens is 308 g/mol. The van der Waals surface area contributed by atoms with Gasteiger partial charge in [-0.05, 0) is 50.2 Å². The van der Waals surface area contributed by atoms with Crippen molar-refractivity contribution in [1.29, 1.82) is 0 Å². The molecule has 1 aliphatic heterocycles. The topological polar surface area (TPSA) is 61.0 Å². The number of aryl methyl sites for hydroxylation is 1. The van der Waals surface area contributed by atoms with Gasteiger partial charge in [-0.1, -0.05) is 6.07 Å². The minimum absolute atomic E-state index is 0.125. The SMILES string of the molecule is Cc1cc([C@H]2CCCN(CC(=O)NCCc3cccs3)C2)n[nH]1. The summed E-state index contributed by atoms with van der Waals surface area (Å²) >= 11 is 1.74. The molecule has 2 aromatic heterocycles. The zero-order valence-electron chi connectivity index (χ0n) is 13.5. The third-order valence-electron chi connectivity index (χ3n) is 4.29. The molecule has 1 saturated heterocycles. The Morgan fingerprint density at radius 1 is 1.57 bits per heavy atom. The smallest absolute Gasteiger partial charge is 0.234 e. The number of aromatic amines is 1. The Bertz CT molecular complexity index is 622. The van der Waals surface area contributed by atoms with E-state index >= 15 is 0 Å². The van der Waals surface area contributed by atoms with E-state index < -0.39 is 0 Å². The first-order valence-electron chi connectivity index (χ1n) is 8.24.